The van der Waals surface area contributed by atoms with Crippen molar-refractivity contribution in [2.24, 2.45) is 0 Å². The van der Waals surface area contributed by atoms with Gasteiger partial charge in [-0.1, -0.05) is 25.1 Å². The molecule has 3 rings (SSSR count). The Hall–Kier alpha value is -2.10. The second-order valence-corrected chi connectivity index (χ2v) is 6.27. The van der Waals surface area contributed by atoms with Crippen LogP contribution in [0.15, 0.2) is 30.3 Å². The topological polar surface area (TPSA) is 15.3 Å². The third-order valence-electron chi connectivity index (χ3n) is 4.71. The summed E-state index contributed by atoms with van der Waals surface area (Å²) in [4.78, 5) is 2.18. The molecular formula is C19H22F2N2. The standard InChI is InChI=1S/C19H22F2N2/c1-4-15-10-22-18-8-16(20)17(21)9-19(18)23(15)11-14-6-5-12(2)13(3)7-14/h5-9,15,22H,4,10-11H2,1-3H3. The van der Waals surface area contributed by atoms with Gasteiger partial charge >= 0.3 is 0 Å². The average Bonchev–Trinajstić information content (AvgIpc) is 2.53. The van der Waals surface area contributed by atoms with E-state index in [-0.39, 0.29) is 6.04 Å². The molecule has 0 fully saturated rings. The minimum Gasteiger partial charge on any atom is -0.381 e. The summed E-state index contributed by atoms with van der Waals surface area (Å²) < 4.78 is 27.2. The number of aryl methyl sites for hydroxylation is 2. The summed E-state index contributed by atoms with van der Waals surface area (Å²) in [6, 6.07) is 9.21. The summed E-state index contributed by atoms with van der Waals surface area (Å²) >= 11 is 0. The monoisotopic (exact) mass is 316 g/mol. The van der Waals surface area contributed by atoms with Gasteiger partial charge in [0, 0.05) is 31.3 Å². The van der Waals surface area contributed by atoms with Crippen LogP contribution in [-0.2, 0) is 6.54 Å². The van der Waals surface area contributed by atoms with Gasteiger partial charge in [0.2, 0.25) is 0 Å². The van der Waals surface area contributed by atoms with Crippen LogP contribution < -0.4 is 10.2 Å². The Balaban J connectivity index is 1.98. The fourth-order valence-corrected chi connectivity index (χ4v) is 3.13. The van der Waals surface area contributed by atoms with Crippen LogP contribution in [0, 0.1) is 25.5 Å². The molecule has 1 heterocycles. The first kappa shape index (κ1) is 15.8. The largest absolute Gasteiger partial charge is 0.381 e. The summed E-state index contributed by atoms with van der Waals surface area (Å²) in [5.41, 5.74) is 5.09. The highest BCUT2D eigenvalue weighted by molar-refractivity contribution is 5.73. The summed E-state index contributed by atoms with van der Waals surface area (Å²) in [5, 5.41) is 3.22. The molecular weight excluding hydrogens is 294 g/mol. The van der Waals surface area contributed by atoms with Crippen LogP contribution in [0.3, 0.4) is 0 Å². The Kier molecular flexibility index (Phi) is 4.24. The quantitative estimate of drug-likeness (QED) is 0.875. The molecule has 1 N–H and O–H groups in total. The van der Waals surface area contributed by atoms with E-state index in [0.29, 0.717) is 12.2 Å². The molecule has 4 heteroatoms. The average molecular weight is 316 g/mol. The van der Waals surface area contributed by atoms with Gasteiger partial charge in [0.05, 0.1) is 11.4 Å². The lowest BCUT2D eigenvalue weighted by molar-refractivity contribution is 0.504. The van der Waals surface area contributed by atoms with E-state index in [1.165, 1.54) is 28.8 Å². The van der Waals surface area contributed by atoms with Gasteiger partial charge in [0.15, 0.2) is 11.6 Å². The van der Waals surface area contributed by atoms with Gasteiger partial charge in [0.1, 0.15) is 0 Å². The van der Waals surface area contributed by atoms with Crippen molar-refractivity contribution in [3.63, 3.8) is 0 Å². The number of halogens is 2. The van der Waals surface area contributed by atoms with Crippen LogP contribution in [0.2, 0.25) is 0 Å². The Labute approximate surface area is 136 Å². The molecule has 0 radical (unpaired) electrons. The summed E-state index contributed by atoms with van der Waals surface area (Å²) in [7, 11) is 0. The molecule has 0 aromatic heterocycles. The summed E-state index contributed by atoms with van der Waals surface area (Å²) in [6.07, 6.45) is 0.941. The highest BCUT2D eigenvalue weighted by Gasteiger charge is 2.26. The molecule has 0 bridgehead atoms. The van der Waals surface area contributed by atoms with Gasteiger partial charge in [-0.15, -0.1) is 0 Å². The smallest absolute Gasteiger partial charge is 0.161 e. The molecule has 0 amide bonds. The van der Waals surface area contributed by atoms with Crippen molar-refractivity contribution in [1.29, 1.82) is 0 Å². The van der Waals surface area contributed by atoms with Gasteiger partial charge in [-0.3, -0.25) is 0 Å². The Morgan fingerprint density at radius 1 is 1.09 bits per heavy atom. The molecule has 1 aliphatic rings. The number of hydrogen-bond donors (Lipinski definition) is 1. The molecule has 0 spiro atoms. The SMILES string of the molecule is CCC1CNc2cc(F)c(F)cc2N1Cc1ccc(C)c(C)c1. The fraction of sp³-hybridized carbons (Fsp3) is 0.368. The van der Waals surface area contributed by atoms with Gasteiger partial charge in [0.25, 0.3) is 0 Å². The third kappa shape index (κ3) is 3.03. The number of rotatable bonds is 3. The predicted molar refractivity (Wildman–Crippen MR) is 91.0 cm³/mol. The lowest BCUT2D eigenvalue weighted by atomic mass is 10.0. The maximum atomic E-state index is 13.7. The highest BCUT2D eigenvalue weighted by Crippen LogP contribution is 2.35. The van der Waals surface area contributed by atoms with Crippen LogP contribution in [0.4, 0.5) is 20.2 Å². The van der Waals surface area contributed by atoms with E-state index in [1.54, 1.807) is 0 Å². The number of nitrogens with one attached hydrogen (secondary N) is 1. The van der Waals surface area contributed by atoms with E-state index in [9.17, 15) is 8.78 Å². The van der Waals surface area contributed by atoms with E-state index in [1.807, 2.05) is 0 Å². The first-order chi connectivity index (χ1) is 11.0. The van der Waals surface area contributed by atoms with Gasteiger partial charge < -0.3 is 10.2 Å². The molecule has 2 nitrogen and oxygen atoms in total. The third-order valence-corrected chi connectivity index (χ3v) is 4.71. The fourth-order valence-electron chi connectivity index (χ4n) is 3.13. The number of nitrogens with zero attached hydrogens (tertiary/aromatic N) is 1. The van der Waals surface area contributed by atoms with E-state index in [2.05, 4.69) is 49.2 Å². The van der Waals surface area contributed by atoms with Crippen molar-refractivity contribution in [3.8, 4) is 0 Å². The van der Waals surface area contributed by atoms with Crippen LogP contribution >= 0.6 is 0 Å². The van der Waals surface area contributed by atoms with Crippen LogP contribution in [0.25, 0.3) is 0 Å². The number of hydrogen-bond acceptors (Lipinski definition) is 2. The maximum Gasteiger partial charge on any atom is 0.161 e. The summed E-state index contributed by atoms with van der Waals surface area (Å²) in [5.74, 6) is -1.61. The first-order valence-corrected chi connectivity index (χ1v) is 8.05. The van der Waals surface area contributed by atoms with Crippen molar-refractivity contribution < 1.29 is 8.78 Å². The molecule has 23 heavy (non-hydrogen) atoms. The molecule has 1 atom stereocenters. The van der Waals surface area contributed by atoms with Crippen LogP contribution in [0.1, 0.15) is 30.0 Å². The Morgan fingerprint density at radius 3 is 2.52 bits per heavy atom. The van der Waals surface area contributed by atoms with Crippen LogP contribution in [-0.4, -0.2) is 12.6 Å². The van der Waals surface area contributed by atoms with Crippen LogP contribution in [0.5, 0.6) is 0 Å². The minimum atomic E-state index is -0.808. The predicted octanol–water partition coefficient (Wildman–Crippen LogP) is 4.79. The summed E-state index contributed by atoms with van der Waals surface area (Å²) in [6.45, 7) is 7.73. The number of benzene rings is 2. The first-order valence-electron chi connectivity index (χ1n) is 8.05. The van der Waals surface area contributed by atoms with Crippen molar-refractivity contribution >= 4 is 11.4 Å². The second-order valence-electron chi connectivity index (χ2n) is 6.27. The zero-order valence-corrected chi connectivity index (χ0v) is 13.8. The van der Waals surface area contributed by atoms with Gasteiger partial charge in [-0.2, -0.15) is 0 Å². The van der Waals surface area contributed by atoms with E-state index < -0.39 is 11.6 Å². The molecule has 122 valence electrons. The molecule has 0 saturated carbocycles. The molecule has 0 saturated heterocycles. The van der Waals surface area contributed by atoms with E-state index in [4.69, 9.17) is 0 Å². The molecule has 2 aromatic rings. The molecule has 2 aromatic carbocycles. The Morgan fingerprint density at radius 2 is 1.83 bits per heavy atom. The normalized spacial score (nSPS) is 16.9. The van der Waals surface area contributed by atoms with Gasteiger partial charge in [-0.25, -0.2) is 8.78 Å². The highest BCUT2D eigenvalue weighted by atomic mass is 19.2. The molecule has 1 aliphatic heterocycles. The Bertz CT molecular complexity index is 728. The number of fused-ring (bicyclic) bond motifs is 1. The lowest BCUT2D eigenvalue weighted by Gasteiger charge is -2.39. The maximum absolute atomic E-state index is 13.7. The lowest BCUT2D eigenvalue weighted by Crippen LogP contribution is -2.43. The zero-order chi connectivity index (χ0) is 16.6. The molecule has 1 unspecified atom stereocenters. The molecule has 0 aliphatic carbocycles. The van der Waals surface area contributed by atoms with E-state index in [0.717, 1.165) is 18.7 Å². The van der Waals surface area contributed by atoms with E-state index >= 15 is 0 Å². The minimum absolute atomic E-state index is 0.258. The second kappa shape index (κ2) is 6.19. The van der Waals surface area contributed by atoms with Crippen molar-refractivity contribution in [2.45, 2.75) is 39.8 Å². The number of anilines is 2. The van der Waals surface area contributed by atoms with Crippen molar-refractivity contribution in [3.05, 3.63) is 58.7 Å². The van der Waals surface area contributed by atoms with Crippen molar-refractivity contribution in [2.75, 3.05) is 16.8 Å². The zero-order valence-electron chi connectivity index (χ0n) is 13.8. The van der Waals surface area contributed by atoms with Crippen molar-refractivity contribution in [1.82, 2.24) is 0 Å². The van der Waals surface area contributed by atoms with Gasteiger partial charge in [-0.05, 0) is 37.0 Å².